The van der Waals surface area contributed by atoms with Crippen molar-refractivity contribution in [2.75, 3.05) is 6.61 Å². The third-order valence-corrected chi connectivity index (χ3v) is 3.67. The standard InChI is InChI=1S/C16H25NOSi/c1-14(9-8-12-19(2,3)4)17-16(13-18)15-10-6-5-7-11-15/h5-7,10-11,14,16-18H,9,13H2,1-4H3/t14-,16-/m1/s1. The Kier molecular flexibility index (Phi) is 6.30. The van der Waals surface area contributed by atoms with E-state index in [0.717, 1.165) is 12.0 Å². The molecule has 1 aromatic rings. The maximum atomic E-state index is 9.49. The molecule has 0 bridgehead atoms. The van der Waals surface area contributed by atoms with Crippen LogP contribution in [0.2, 0.25) is 19.6 Å². The van der Waals surface area contributed by atoms with Crippen molar-refractivity contribution in [1.82, 2.24) is 5.32 Å². The summed E-state index contributed by atoms with van der Waals surface area (Å²) in [4.78, 5) is 0. The van der Waals surface area contributed by atoms with Crippen molar-refractivity contribution in [1.29, 1.82) is 0 Å². The van der Waals surface area contributed by atoms with Gasteiger partial charge < -0.3 is 10.4 Å². The van der Waals surface area contributed by atoms with Gasteiger partial charge in [-0.05, 0) is 12.5 Å². The van der Waals surface area contributed by atoms with Gasteiger partial charge in [-0.2, -0.15) is 0 Å². The maximum Gasteiger partial charge on any atom is 0.129 e. The van der Waals surface area contributed by atoms with Crippen LogP contribution >= 0.6 is 0 Å². The lowest BCUT2D eigenvalue weighted by Crippen LogP contribution is -2.32. The van der Waals surface area contributed by atoms with Crippen LogP contribution in [0.15, 0.2) is 30.3 Å². The number of aliphatic hydroxyl groups is 1. The molecule has 0 aliphatic rings. The average molecular weight is 275 g/mol. The van der Waals surface area contributed by atoms with Gasteiger partial charge in [-0.1, -0.05) is 50.0 Å². The SMILES string of the molecule is C[C@H](CC#C[Si](C)(C)C)N[C@H](CO)c1ccccc1. The molecule has 0 saturated heterocycles. The maximum absolute atomic E-state index is 9.49. The zero-order valence-electron chi connectivity index (χ0n) is 12.4. The fourth-order valence-electron chi connectivity index (χ4n) is 1.81. The van der Waals surface area contributed by atoms with Crippen LogP contribution in [-0.2, 0) is 0 Å². The Balaban J connectivity index is 2.54. The molecule has 0 saturated carbocycles. The Labute approximate surface area is 118 Å². The van der Waals surface area contributed by atoms with Gasteiger partial charge in [0.1, 0.15) is 8.07 Å². The second-order valence-electron chi connectivity index (χ2n) is 5.97. The quantitative estimate of drug-likeness (QED) is 0.639. The fourth-order valence-corrected chi connectivity index (χ4v) is 2.44. The summed E-state index contributed by atoms with van der Waals surface area (Å²) in [6.07, 6.45) is 0.827. The molecule has 0 fully saturated rings. The minimum Gasteiger partial charge on any atom is -0.394 e. The highest BCUT2D eigenvalue weighted by Gasteiger charge is 2.12. The summed E-state index contributed by atoms with van der Waals surface area (Å²) in [5, 5.41) is 12.9. The first-order valence-corrected chi connectivity index (χ1v) is 10.3. The first-order chi connectivity index (χ1) is 8.92. The van der Waals surface area contributed by atoms with Crippen LogP contribution in [0.1, 0.15) is 24.9 Å². The molecule has 0 unspecified atom stereocenters. The van der Waals surface area contributed by atoms with Gasteiger partial charge in [0.15, 0.2) is 0 Å². The van der Waals surface area contributed by atoms with Gasteiger partial charge >= 0.3 is 0 Å². The number of aliphatic hydroxyl groups excluding tert-OH is 1. The number of hydrogen-bond donors (Lipinski definition) is 2. The van der Waals surface area contributed by atoms with Crippen LogP contribution in [-0.4, -0.2) is 25.8 Å². The van der Waals surface area contributed by atoms with Crippen LogP contribution in [0.4, 0.5) is 0 Å². The summed E-state index contributed by atoms with van der Waals surface area (Å²) in [6.45, 7) is 8.97. The van der Waals surface area contributed by atoms with E-state index in [4.69, 9.17) is 0 Å². The summed E-state index contributed by atoms with van der Waals surface area (Å²) in [7, 11) is -1.27. The van der Waals surface area contributed by atoms with Crippen molar-refractivity contribution in [3.8, 4) is 11.5 Å². The smallest absolute Gasteiger partial charge is 0.129 e. The molecular weight excluding hydrogens is 250 g/mol. The van der Waals surface area contributed by atoms with Gasteiger partial charge in [-0.15, -0.1) is 11.5 Å². The lowest BCUT2D eigenvalue weighted by Gasteiger charge is -2.20. The molecule has 1 aromatic carbocycles. The molecular formula is C16H25NOSi. The minimum atomic E-state index is -1.27. The summed E-state index contributed by atoms with van der Waals surface area (Å²) >= 11 is 0. The van der Waals surface area contributed by atoms with E-state index in [2.05, 4.69) is 43.3 Å². The first-order valence-electron chi connectivity index (χ1n) is 6.84. The van der Waals surface area contributed by atoms with E-state index in [1.807, 2.05) is 30.3 Å². The summed E-state index contributed by atoms with van der Waals surface area (Å²) in [5.41, 5.74) is 4.49. The van der Waals surface area contributed by atoms with Crippen molar-refractivity contribution in [2.45, 2.75) is 45.1 Å². The monoisotopic (exact) mass is 275 g/mol. The zero-order valence-corrected chi connectivity index (χ0v) is 13.4. The highest BCUT2D eigenvalue weighted by molar-refractivity contribution is 6.83. The van der Waals surface area contributed by atoms with Crippen molar-refractivity contribution >= 4 is 8.07 Å². The van der Waals surface area contributed by atoms with Gasteiger partial charge in [-0.3, -0.25) is 0 Å². The third-order valence-electron chi connectivity index (χ3n) is 2.74. The van der Waals surface area contributed by atoms with Crippen molar-refractivity contribution in [3.63, 3.8) is 0 Å². The van der Waals surface area contributed by atoms with Gasteiger partial charge in [0.2, 0.25) is 0 Å². The molecule has 0 aromatic heterocycles. The summed E-state index contributed by atoms with van der Waals surface area (Å²) in [5.74, 6) is 3.27. The van der Waals surface area contributed by atoms with Crippen molar-refractivity contribution < 1.29 is 5.11 Å². The largest absolute Gasteiger partial charge is 0.394 e. The number of nitrogens with one attached hydrogen (secondary N) is 1. The van der Waals surface area contributed by atoms with E-state index in [1.165, 1.54) is 0 Å². The first kappa shape index (κ1) is 16.0. The molecule has 104 valence electrons. The molecule has 0 heterocycles. The molecule has 2 nitrogen and oxygen atoms in total. The second-order valence-corrected chi connectivity index (χ2v) is 10.7. The van der Waals surface area contributed by atoms with Crippen LogP contribution in [0.25, 0.3) is 0 Å². The van der Waals surface area contributed by atoms with Gasteiger partial charge in [0.25, 0.3) is 0 Å². The van der Waals surface area contributed by atoms with E-state index >= 15 is 0 Å². The Bertz CT molecular complexity index is 428. The average Bonchev–Trinajstić information content (AvgIpc) is 2.35. The molecule has 0 radical (unpaired) electrons. The van der Waals surface area contributed by atoms with Gasteiger partial charge in [0.05, 0.1) is 12.6 Å². The van der Waals surface area contributed by atoms with Crippen LogP contribution < -0.4 is 5.32 Å². The molecule has 0 amide bonds. The molecule has 0 spiro atoms. The molecule has 19 heavy (non-hydrogen) atoms. The van der Waals surface area contributed by atoms with E-state index in [0.29, 0.717) is 0 Å². The minimum absolute atomic E-state index is 0.00937. The highest BCUT2D eigenvalue weighted by atomic mass is 28.3. The highest BCUT2D eigenvalue weighted by Crippen LogP contribution is 2.13. The summed E-state index contributed by atoms with van der Waals surface area (Å²) in [6, 6.07) is 10.3. The Morgan fingerprint density at radius 3 is 2.37 bits per heavy atom. The number of rotatable bonds is 5. The van der Waals surface area contributed by atoms with Crippen LogP contribution in [0.5, 0.6) is 0 Å². The Morgan fingerprint density at radius 2 is 1.84 bits per heavy atom. The molecule has 0 aliphatic carbocycles. The Morgan fingerprint density at radius 1 is 1.21 bits per heavy atom. The normalized spacial score (nSPS) is 14.4. The van der Waals surface area contributed by atoms with Crippen molar-refractivity contribution in [2.24, 2.45) is 0 Å². The third kappa shape index (κ3) is 6.58. The van der Waals surface area contributed by atoms with E-state index in [9.17, 15) is 5.11 Å². The Hall–Kier alpha value is -1.08. The van der Waals surface area contributed by atoms with Crippen LogP contribution in [0.3, 0.4) is 0 Å². The lowest BCUT2D eigenvalue weighted by molar-refractivity contribution is 0.235. The predicted octanol–water partition coefficient (Wildman–Crippen LogP) is 2.97. The second kappa shape index (κ2) is 7.49. The topological polar surface area (TPSA) is 32.3 Å². The van der Waals surface area contributed by atoms with E-state index < -0.39 is 8.07 Å². The van der Waals surface area contributed by atoms with Crippen LogP contribution in [0, 0.1) is 11.5 Å². The zero-order chi connectivity index (χ0) is 14.3. The molecule has 3 heteroatoms. The summed E-state index contributed by atoms with van der Waals surface area (Å²) < 4.78 is 0. The van der Waals surface area contributed by atoms with Gasteiger partial charge in [0, 0.05) is 12.5 Å². The molecule has 0 aliphatic heterocycles. The predicted molar refractivity (Wildman–Crippen MR) is 84.6 cm³/mol. The molecule has 2 atom stereocenters. The molecule has 1 rings (SSSR count). The fraction of sp³-hybridized carbons (Fsp3) is 0.500. The number of hydrogen-bond acceptors (Lipinski definition) is 2. The van der Waals surface area contributed by atoms with E-state index in [1.54, 1.807) is 0 Å². The molecule has 2 N–H and O–H groups in total. The number of benzene rings is 1. The van der Waals surface area contributed by atoms with Crippen molar-refractivity contribution in [3.05, 3.63) is 35.9 Å². The van der Waals surface area contributed by atoms with E-state index in [-0.39, 0.29) is 18.7 Å². The van der Waals surface area contributed by atoms with Gasteiger partial charge in [-0.25, -0.2) is 0 Å². The lowest BCUT2D eigenvalue weighted by atomic mass is 10.1.